The van der Waals surface area contributed by atoms with Crippen molar-refractivity contribution in [3.05, 3.63) is 35.1 Å². The van der Waals surface area contributed by atoms with E-state index in [1.54, 1.807) is 0 Å². The Kier molecular flexibility index (Phi) is 2.02. The molecule has 0 fully saturated rings. The van der Waals surface area contributed by atoms with Crippen molar-refractivity contribution in [2.24, 2.45) is 5.73 Å². The highest BCUT2D eigenvalue weighted by atomic mass is 19.1. The van der Waals surface area contributed by atoms with Crippen LogP contribution in [0.15, 0.2) is 18.2 Å². The molecule has 0 saturated heterocycles. The summed E-state index contributed by atoms with van der Waals surface area (Å²) in [7, 11) is 0. The average Bonchev–Trinajstić information content (AvgIpc) is 1.85. The van der Waals surface area contributed by atoms with Gasteiger partial charge in [-0.15, -0.1) is 0 Å². The van der Waals surface area contributed by atoms with Crippen molar-refractivity contribution in [3.8, 4) is 0 Å². The smallest absolute Gasteiger partial charge is 0.123 e. The zero-order valence-electron chi connectivity index (χ0n) is 5.89. The van der Waals surface area contributed by atoms with Gasteiger partial charge in [0.2, 0.25) is 0 Å². The summed E-state index contributed by atoms with van der Waals surface area (Å²) in [5, 5.41) is 0. The van der Waals surface area contributed by atoms with Gasteiger partial charge in [-0.1, -0.05) is 6.07 Å². The largest absolute Gasteiger partial charge is 0.326 e. The van der Waals surface area contributed by atoms with Gasteiger partial charge < -0.3 is 5.73 Å². The van der Waals surface area contributed by atoms with Crippen LogP contribution in [0.5, 0.6) is 0 Å². The molecule has 0 radical (unpaired) electrons. The Morgan fingerprint density at radius 2 is 2.10 bits per heavy atom. The summed E-state index contributed by atoms with van der Waals surface area (Å²) < 4.78 is 12.6. The Balaban J connectivity index is 3.06. The molecule has 0 aliphatic carbocycles. The van der Waals surface area contributed by atoms with Crippen molar-refractivity contribution >= 4 is 0 Å². The molecular formula is C8H10FN. The van der Waals surface area contributed by atoms with E-state index in [1.807, 2.05) is 13.0 Å². The number of halogens is 1. The molecule has 0 aliphatic heterocycles. The first kappa shape index (κ1) is 7.22. The molecule has 0 aromatic heterocycles. The summed E-state index contributed by atoms with van der Waals surface area (Å²) in [5.41, 5.74) is 7.08. The topological polar surface area (TPSA) is 26.0 Å². The fraction of sp³-hybridized carbons (Fsp3) is 0.250. The van der Waals surface area contributed by atoms with Crippen molar-refractivity contribution < 1.29 is 4.39 Å². The normalized spacial score (nSPS) is 9.90. The molecule has 54 valence electrons. The lowest BCUT2D eigenvalue weighted by Gasteiger charge is -1.97. The molecular weight excluding hydrogens is 129 g/mol. The van der Waals surface area contributed by atoms with E-state index in [-0.39, 0.29) is 5.82 Å². The number of rotatable bonds is 1. The predicted octanol–water partition coefficient (Wildman–Crippen LogP) is 1.59. The average molecular weight is 139 g/mol. The molecule has 1 rings (SSSR count). The Morgan fingerprint density at radius 1 is 1.40 bits per heavy atom. The third kappa shape index (κ3) is 1.54. The lowest BCUT2D eigenvalue weighted by molar-refractivity contribution is 0.624. The van der Waals surface area contributed by atoms with E-state index >= 15 is 0 Å². The second-order valence-electron chi connectivity index (χ2n) is 2.34. The zero-order valence-corrected chi connectivity index (χ0v) is 5.89. The van der Waals surface area contributed by atoms with E-state index in [0.29, 0.717) is 6.54 Å². The Hall–Kier alpha value is -0.890. The van der Waals surface area contributed by atoms with Crippen LogP contribution in [0.2, 0.25) is 0 Å². The minimum atomic E-state index is -0.208. The van der Waals surface area contributed by atoms with Crippen LogP contribution in [0.1, 0.15) is 11.1 Å². The van der Waals surface area contributed by atoms with Gasteiger partial charge in [0.25, 0.3) is 0 Å². The van der Waals surface area contributed by atoms with Crippen molar-refractivity contribution in [3.63, 3.8) is 0 Å². The van der Waals surface area contributed by atoms with Gasteiger partial charge in [-0.2, -0.15) is 0 Å². The van der Waals surface area contributed by atoms with Crippen LogP contribution in [-0.2, 0) is 6.54 Å². The van der Waals surface area contributed by atoms with Crippen molar-refractivity contribution in [2.75, 3.05) is 0 Å². The molecule has 2 heteroatoms. The molecule has 0 atom stereocenters. The lowest BCUT2D eigenvalue weighted by Crippen LogP contribution is -1.97. The van der Waals surface area contributed by atoms with Gasteiger partial charge >= 0.3 is 0 Å². The predicted molar refractivity (Wildman–Crippen MR) is 39.0 cm³/mol. The summed E-state index contributed by atoms with van der Waals surface area (Å²) in [6, 6.07) is 4.81. The highest BCUT2D eigenvalue weighted by Crippen LogP contribution is 2.06. The molecule has 0 unspecified atom stereocenters. The molecule has 0 amide bonds. The maximum absolute atomic E-state index is 12.6. The molecule has 0 heterocycles. The first-order valence-corrected chi connectivity index (χ1v) is 3.18. The van der Waals surface area contributed by atoms with Gasteiger partial charge in [-0.3, -0.25) is 0 Å². The van der Waals surface area contributed by atoms with Gasteiger partial charge in [0.05, 0.1) is 0 Å². The second kappa shape index (κ2) is 2.80. The van der Waals surface area contributed by atoms with Crippen molar-refractivity contribution in [1.82, 2.24) is 0 Å². The van der Waals surface area contributed by atoms with Crippen LogP contribution in [0.4, 0.5) is 4.39 Å². The monoisotopic (exact) mass is 139 g/mol. The second-order valence-corrected chi connectivity index (χ2v) is 2.34. The van der Waals surface area contributed by atoms with Gasteiger partial charge in [-0.25, -0.2) is 4.39 Å². The molecule has 10 heavy (non-hydrogen) atoms. The lowest BCUT2D eigenvalue weighted by atomic mass is 10.1. The Labute approximate surface area is 59.7 Å². The molecule has 2 N–H and O–H groups in total. The van der Waals surface area contributed by atoms with Gasteiger partial charge in [-0.05, 0) is 30.2 Å². The summed E-state index contributed by atoms with van der Waals surface area (Å²) in [4.78, 5) is 0. The van der Waals surface area contributed by atoms with E-state index in [9.17, 15) is 4.39 Å². The van der Waals surface area contributed by atoms with Crippen molar-refractivity contribution in [2.45, 2.75) is 13.5 Å². The quantitative estimate of drug-likeness (QED) is 0.628. The Morgan fingerprint density at radius 3 is 2.60 bits per heavy atom. The van der Waals surface area contributed by atoms with Crippen LogP contribution in [-0.4, -0.2) is 0 Å². The summed E-state index contributed by atoms with van der Waals surface area (Å²) >= 11 is 0. The minimum absolute atomic E-state index is 0.208. The van der Waals surface area contributed by atoms with Crippen LogP contribution in [0, 0.1) is 12.7 Å². The minimum Gasteiger partial charge on any atom is -0.326 e. The highest BCUT2D eigenvalue weighted by molar-refractivity contribution is 5.23. The third-order valence-corrected chi connectivity index (χ3v) is 1.34. The van der Waals surface area contributed by atoms with Gasteiger partial charge in [0.1, 0.15) is 5.82 Å². The molecule has 0 spiro atoms. The third-order valence-electron chi connectivity index (χ3n) is 1.34. The standard InChI is InChI=1S/C8H10FN/c1-6-2-7(5-10)4-8(9)3-6/h2-4H,5,10H2,1H3. The molecule has 1 nitrogen and oxygen atoms in total. The SMILES string of the molecule is Cc1cc(F)cc(CN)c1. The fourth-order valence-corrected chi connectivity index (χ4v) is 0.930. The van der Waals surface area contributed by atoms with E-state index in [1.165, 1.54) is 12.1 Å². The van der Waals surface area contributed by atoms with Crippen LogP contribution in [0.3, 0.4) is 0 Å². The molecule has 0 bridgehead atoms. The van der Waals surface area contributed by atoms with Crippen molar-refractivity contribution in [1.29, 1.82) is 0 Å². The number of hydrogen-bond donors (Lipinski definition) is 1. The van der Waals surface area contributed by atoms with E-state index in [4.69, 9.17) is 5.73 Å². The van der Waals surface area contributed by atoms with Crippen LogP contribution >= 0.6 is 0 Å². The summed E-state index contributed by atoms with van der Waals surface area (Å²) in [6.45, 7) is 2.25. The fourth-order valence-electron chi connectivity index (χ4n) is 0.930. The molecule has 0 aliphatic rings. The summed E-state index contributed by atoms with van der Waals surface area (Å²) in [6.07, 6.45) is 0. The van der Waals surface area contributed by atoms with Crippen LogP contribution in [0.25, 0.3) is 0 Å². The summed E-state index contributed by atoms with van der Waals surface area (Å²) in [5.74, 6) is -0.208. The highest BCUT2D eigenvalue weighted by Gasteiger charge is 1.94. The first-order valence-electron chi connectivity index (χ1n) is 3.18. The number of hydrogen-bond acceptors (Lipinski definition) is 1. The van der Waals surface area contributed by atoms with E-state index < -0.39 is 0 Å². The van der Waals surface area contributed by atoms with Gasteiger partial charge in [0.15, 0.2) is 0 Å². The van der Waals surface area contributed by atoms with E-state index in [0.717, 1.165) is 11.1 Å². The van der Waals surface area contributed by atoms with E-state index in [2.05, 4.69) is 0 Å². The maximum atomic E-state index is 12.6. The zero-order chi connectivity index (χ0) is 7.56. The van der Waals surface area contributed by atoms with Gasteiger partial charge in [0, 0.05) is 6.54 Å². The van der Waals surface area contributed by atoms with Crippen LogP contribution < -0.4 is 5.73 Å². The first-order chi connectivity index (χ1) is 4.72. The molecule has 1 aromatic rings. The Bertz CT molecular complexity index is 212. The molecule has 0 saturated carbocycles. The number of nitrogens with two attached hydrogens (primary N) is 1. The number of aryl methyl sites for hydroxylation is 1. The molecule has 1 aromatic carbocycles. The maximum Gasteiger partial charge on any atom is 0.123 e. The number of benzene rings is 1.